The maximum atomic E-state index is 12.4. The molecule has 0 aromatic heterocycles. The van der Waals surface area contributed by atoms with Gasteiger partial charge in [-0.05, 0) is 36.6 Å². The van der Waals surface area contributed by atoms with E-state index in [4.69, 9.17) is 9.47 Å². The van der Waals surface area contributed by atoms with E-state index in [0.29, 0.717) is 24.7 Å². The van der Waals surface area contributed by atoms with Crippen LogP contribution in [0.3, 0.4) is 0 Å². The summed E-state index contributed by atoms with van der Waals surface area (Å²) in [6.07, 6.45) is 1.80. The molecule has 5 heteroatoms. The summed E-state index contributed by atoms with van der Waals surface area (Å²) in [5, 5.41) is 5.83. The molecule has 2 aromatic rings. The molecule has 0 saturated heterocycles. The fourth-order valence-electron chi connectivity index (χ4n) is 2.56. The van der Waals surface area contributed by atoms with Crippen LogP contribution in [-0.2, 0) is 11.2 Å². The molecule has 0 spiro atoms. The summed E-state index contributed by atoms with van der Waals surface area (Å²) in [5.74, 6) is 0.652. The predicted octanol–water partition coefficient (Wildman–Crippen LogP) is 4.55. The largest absolute Gasteiger partial charge is 0.491 e. The van der Waals surface area contributed by atoms with E-state index in [1.54, 1.807) is 7.11 Å². The molecule has 2 N–H and O–H groups in total. The summed E-state index contributed by atoms with van der Waals surface area (Å²) < 4.78 is 10.7. The highest BCUT2D eigenvalue weighted by Gasteiger charge is 2.11. The van der Waals surface area contributed by atoms with Gasteiger partial charge in [0.1, 0.15) is 5.75 Å². The van der Waals surface area contributed by atoms with Crippen LogP contribution in [0, 0.1) is 0 Å². The maximum absolute atomic E-state index is 12.4. The standard InChI is InChI=1S/C21H28N2O3/c1-4-17-10-12-18(13-11-17)16(2)22-21(24)23-19-8-5-6-9-20(19)26-15-7-14-25-3/h5-6,8-13,16H,4,7,14-15H2,1-3H3,(H2,22,23,24). The second kappa shape index (κ2) is 10.5. The molecule has 0 aliphatic heterocycles. The lowest BCUT2D eigenvalue weighted by Gasteiger charge is -2.17. The lowest BCUT2D eigenvalue weighted by atomic mass is 10.1. The maximum Gasteiger partial charge on any atom is 0.319 e. The molecule has 0 fully saturated rings. The number of para-hydroxylation sites is 2. The summed E-state index contributed by atoms with van der Waals surface area (Å²) in [7, 11) is 1.66. The molecule has 1 atom stereocenters. The van der Waals surface area contributed by atoms with E-state index in [9.17, 15) is 4.79 Å². The number of carbonyl (C=O) groups excluding carboxylic acids is 1. The van der Waals surface area contributed by atoms with Gasteiger partial charge in [0.25, 0.3) is 0 Å². The van der Waals surface area contributed by atoms with Crippen LogP contribution in [0.4, 0.5) is 10.5 Å². The third-order valence-electron chi connectivity index (χ3n) is 4.12. The lowest BCUT2D eigenvalue weighted by Crippen LogP contribution is -2.31. The molecule has 0 aliphatic carbocycles. The van der Waals surface area contributed by atoms with Crippen molar-refractivity contribution >= 4 is 11.7 Å². The molecule has 2 amide bonds. The Bertz CT molecular complexity index is 686. The van der Waals surface area contributed by atoms with E-state index < -0.39 is 0 Å². The first kappa shape index (κ1) is 19.8. The van der Waals surface area contributed by atoms with Crippen molar-refractivity contribution in [3.05, 3.63) is 59.7 Å². The molecule has 0 radical (unpaired) electrons. The van der Waals surface area contributed by atoms with E-state index in [-0.39, 0.29) is 12.1 Å². The van der Waals surface area contributed by atoms with Gasteiger partial charge in [0.05, 0.1) is 18.3 Å². The minimum Gasteiger partial charge on any atom is -0.491 e. The lowest BCUT2D eigenvalue weighted by molar-refractivity contribution is 0.172. The van der Waals surface area contributed by atoms with E-state index in [1.807, 2.05) is 31.2 Å². The highest BCUT2D eigenvalue weighted by atomic mass is 16.5. The van der Waals surface area contributed by atoms with Gasteiger partial charge in [-0.3, -0.25) is 0 Å². The smallest absolute Gasteiger partial charge is 0.319 e. The van der Waals surface area contributed by atoms with Gasteiger partial charge in [-0.15, -0.1) is 0 Å². The number of nitrogens with one attached hydrogen (secondary N) is 2. The summed E-state index contributed by atoms with van der Waals surface area (Å²) in [4.78, 5) is 12.4. The Morgan fingerprint density at radius 2 is 1.81 bits per heavy atom. The fraction of sp³-hybridized carbons (Fsp3) is 0.381. The second-order valence-electron chi connectivity index (χ2n) is 6.11. The molecule has 0 bridgehead atoms. The van der Waals surface area contributed by atoms with Crippen LogP contribution in [0.2, 0.25) is 0 Å². The van der Waals surface area contributed by atoms with E-state index in [2.05, 4.69) is 41.8 Å². The first-order valence-electron chi connectivity index (χ1n) is 9.01. The predicted molar refractivity (Wildman–Crippen MR) is 105 cm³/mol. The third kappa shape index (κ3) is 6.08. The van der Waals surface area contributed by atoms with Crippen molar-refractivity contribution < 1.29 is 14.3 Å². The minimum absolute atomic E-state index is 0.0873. The first-order chi connectivity index (χ1) is 12.6. The van der Waals surface area contributed by atoms with Gasteiger partial charge in [0, 0.05) is 20.1 Å². The zero-order valence-electron chi connectivity index (χ0n) is 15.7. The van der Waals surface area contributed by atoms with Crippen LogP contribution in [0.25, 0.3) is 0 Å². The van der Waals surface area contributed by atoms with Crippen LogP contribution in [-0.4, -0.2) is 26.4 Å². The van der Waals surface area contributed by atoms with Crippen LogP contribution in [0.15, 0.2) is 48.5 Å². The molecule has 5 nitrogen and oxygen atoms in total. The Labute approximate surface area is 155 Å². The van der Waals surface area contributed by atoms with Gasteiger partial charge in [-0.25, -0.2) is 4.79 Å². The second-order valence-corrected chi connectivity index (χ2v) is 6.11. The van der Waals surface area contributed by atoms with Crippen LogP contribution in [0.1, 0.15) is 37.4 Å². The van der Waals surface area contributed by atoms with Gasteiger partial charge in [-0.2, -0.15) is 0 Å². The van der Waals surface area contributed by atoms with Crippen molar-refractivity contribution in [2.75, 3.05) is 25.6 Å². The van der Waals surface area contributed by atoms with Crippen molar-refractivity contribution in [3.8, 4) is 5.75 Å². The molecule has 2 rings (SSSR count). The molecule has 0 aliphatic rings. The molecule has 1 unspecified atom stereocenters. The molecule has 0 saturated carbocycles. The van der Waals surface area contributed by atoms with E-state index in [1.165, 1.54) is 5.56 Å². The fourth-order valence-corrected chi connectivity index (χ4v) is 2.56. The average molecular weight is 356 g/mol. The van der Waals surface area contributed by atoms with Gasteiger partial charge in [0.2, 0.25) is 0 Å². The summed E-state index contributed by atoms with van der Waals surface area (Å²) in [6.45, 7) is 5.27. The number of anilines is 1. The Hall–Kier alpha value is -2.53. The molecule has 140 valence electrons. The zero-order chi connectivity index (χ0) is 18.8. The number of methoxy groups -OCH3 is 1. The highest BCUT2D eigenvalue weighted by molar-refractivity contribution is 5.91. The number of rotatable bonds is 9. The van der Waals surface area contributed by atoms with Gasteiger partial charge >= 0.3 is 6.03 Å². The quantitative estimate of drug-likeness (QED) is 0.648. The monoisotopic (exact) mass is 356 g/mol. The van der Waals surface area contributed by atoms with Crippen molar-refractivity contribution in [1.29, 1.82) is 0 Å². The number of benzene rings is 2. The number of aryl methyl sites for hydroxylation is 1. The van der Waals surface area contributed by atoms with Crippen molar-refractivity contribution in [1.82, 2.24) is 5.32 Å². The van der Waals surface area contributed by atoms with Crippen molar-refractivity contribution in [2.24, 2.45) is 0 Å². The number of ether oxygens (including phenoxy) is 2. The van der Waals surface area contributed by atoms with E-state index >= 15 is 0 Å². The first-order valence-corrected chi connectivity index (χ1v) is 9.01. The summed E-state index contributed by atoms with van der Waals surface area (Å²) in [5.41, 5.74) is 3.00. The van der Waals surface area contributed by atoms with Gasteiger partial charge in [-0.1, -0.05) is 43.3 Å². The third-order valence-corrected chi connectivity index (χ3v) is 4.12. The van der Waals surface area contributed by atoms with Crippen LogP contribution >= 0.6 is 0 Å². The topological polar surface area (TPSA) is 59.6 Å². The summed E-state index contributed by atoms with van der Waals surface area (Å²) in [6, 6.07) is 15.4. The Morgan fingerprint density at radius 1 is 1.08 bits per heavy atom. The highest BCUT2D eigenvalue weighted by Crippen LogP contribution is 2.24. The average Bonchev–Trinajstić information content (AvgIpc) is 2.66. The number of hydrogen-bond donors (Lipinski definition) is 2. The van der Waals surface area contributed by atoms with Crippen molar-refractivity contribution in [2.45, 2.75) is 32.7 Å². The summed E-state index contributed by atoms with van der Waals surface area (Å²) >= 11 is 0. The Balaban J connectivity index is 1.92. The molecular weight excluding hydrogens is 328 g/mol. The number of amides is 2. The number of carbonyl (C=O) groups is 1. The van der Waals surface area contributed by atoms with Gasteiger partial charge < -0.3 is 20.1 Å². The van der Waals surface area contributed by atoms with Crippen LogP contribution in [0.5, 0.6) is 5.75 Å². The van der Waals surface area contributed by atoms with Gasteiger partial charge in [0.15, 0.2) is 0 Å². The van der Waals surface area contributed by atoms with E-state index in [0.717, 1.165) is 18.4 Å². The molecule has 2 aromatic carbocycles. The Kier molecular flexibility index (Phi) is 7.96. The Morgan fingerprint density at radius 3 is 2.50 bits per heavy atom. The number of hydrogen-bond acceptors (Lipinski definition) is 3. The molecule has 0 heterocycles. The zero-order valence-corrected chi connectivity index (χ0v) is 15.7. The van der Waals surface area contributed by atoms with Crippen molar-refractivity contribution in [3.63, 3.8) is 0 Å². The molecular formula is C21H28N2O3. The number of urea groups is 1. The minimum atomic E-state index is -0.259. The van der Waals surface area contributed by atoms with Crippen LogP contribution < -0.4 is 15.4 Å². The SMILES string of the molecule is CCc1ccc(C(C)NC(=O)Nc2ccccc2OCCCOC)cc1. The normalized spacial score (nSPS) is 11.7. The molecule has 26 heavy (non-hydrogen) atoms.